The molecular formula is C16H30N4O2. The molecule has 6 nitrogen and oxygen atoms in total. The van der Waals surface area contributed by atoms with Crippen LogP contribution in [0, 0.1) is 5.92 Å². The van der Waals surface area contributed by atoms with Gasteiger partial charge >= 0.3 is 6.03 Å². The highest BCUT2D eigenvalue weighted by molar-refractivity contribution is 5.81. The largest absolute Gasteiger partial charge is 0.354 e. The third-order valence-electron chi connectivity index (χ3n) is 4.48. The van der Waals surface area contributed by atoms with Crippen LogP contribution < -0.4 is 16.4 Å². The highest BCUT2D eigenvalue weighted by Gasteiger charge is 2.30. The molecule has 1 heterocycles. The van der Waals surface area contributed by atoms with Crippen LogP contribution in [0.3, 0.4) is 0 Å². The van der Waals surface area contributed by atoms with Crippen molar-refractivity contribution < 1.29 is 9.59 Å². The molecule has 1 aliphatic carbocycles. The lowest BCUT2D eigenvalue weighted by Crippen LogP contribution is -2.52. The number of carbonyl (C=O) groups excluding carboxylic acids is 2. The number of hydrogen-bond donors (Lipinski definition) is 3. The van der Waals surface area contributed by atoms with E-state index in [2.05, 4.69) is 10.6 Å². The Kier molecular flexibility index (Phi) is 5.67. The molecule has 22 heavy (non-hydrogen) atoms. The second-order valence-electron chi connectivity index (χ2n) is 7.42. The average molecular weight is 310 g/mol. The molecule has 6 heteroatoms. The second kappa shape index (κ2) is 7.31. The quantitative estimate of drug-likeness (QED) is 0.729. The summed E-state index contributed by atoms with van der Waals surface area (Å²) in [4.78, 5) is 26.3. The fourth-order valence-electron chi connectivity index (χ4n) is 3.17. The molecule has 3 amide bonds. The molecule has 0 aromatic heterocycles. The number of nitrogens with one attached hydrogen (secondary N) is 2. The Labute approximate surface area is 133 Å². The van der Waals surface area contributed by atoms with E-state index in [1.54, 1.807) is 4.90 Å². The van der Waals surface area contributed by atoms with Crippen molar-refractivity contribution in [2.75, 3.05) is 19.6 Å². The third-order valence-corrected chi connectivity index (χ3v) is 4.48. The molecule has 1 saturated carbocycles. The first-order chi connectivity index (χ1) is 10.3. The molecule has 0 radical (unpaired) electrons. The van der Waals surface area contributed by atoms with Gasteiger partial charge in [-0.1, -0.05) is 12.8 Å². The Bertz CT molecular complexity index is 399. The van der Waals surface area contributed by atoms with Gasteiger partial charge in [0.25, 0.3) is 0 Å². The van der Waals surface area contributed by atoms with Crippen LogP contribution in [0.25, 0.3) is 0 Å². The minimum atomic E-state index is -0.413. The number of nitrogens with zero attached hydrogens (tertiary/aromatic N) is 1. The van der Waals surface area contributed by atoms with Gasteiger partial charge in [0.1, 0.15) is 0 Å². The zero-order chi connectivity index (χ0) is 16.2. The summed E-state index contributed by atoms with van der Waals surface area (Å²) in [5.74, 6) is -0.109. The van der Waals surface area contributed by atoms with Gasteiger partial charge in [-0.3, -0.25) is 4.79 Å². The standard InChI is InChI=1S/C16H30N4O2/c1-16(2,17)11-18-14(21)12-6-5-9-20(10-12)15(22)19-13-7-3-4-8-13/h12-13H,3-11,17H2,1-2H3,(H,18,21)(H,19,22). The summed E-state index contributed by atoms with van der Waals surface area (Å²) < 4.78 is 0. The Morgan fingerprint density at radius 2 is 1.86 bits per heavy atom. The van der Waals surface area contributed by atoms with Gasteiger partial charge in [-0.2, -0.15) is 0 Å². The van der Waals surface area contributed by atoms with Crippen molar-refractivity contribution in [3.05, 3.63) is 0 Å². The van der Waals surface area contributed by atoms with Crippen molar-refractivity contribution in [3.8, 4) is 0 Å². The maximum atomic E-state index is 12.3. The number of carbonyl (C=O) groups is 2. The van der Waals surface area contributed by atoms with Crippen molar-refractivity contribution >= 4 is 11.9 Å². The average Bonchev–Trinajstić information content (AvgIpc) is 2.97. The summed E-state index contributed by atoms with van der Waals surface area (Å²) in [6.07, 6.45) is 6.27. The van der Waals surface area contributed by atoms with Crippen molar-refractivity contribution in [2.45, 2.75) is 64.0 Å². The monoisotopic (exact) mass is 310 g/mol. The first kappa shape index (κ1) is 17.1. The predicted molar refractivity (Wildman–Crippen MR) is 86.4 cm³/mol. The van der Waals surface area contributed by atoms with Crippen molar-refractivity contribution in [3.63, 3.8) is 0 Å². The van der Waals surface area contributed by atoms with Gasteiger partial charge in [0.2, 0.25) is 5.91 Å². The van der Waals surface area contributed by atoms with Crippen LogP contribution in [0.1, 0.15) is 52.4 Å². The summed E-state index contributed by atoms with van der Waals surface area (Å²) >= 11 is 0. The topological polar surface area (TPSA) is 87.5 Å². The molecule has 1 atom stereocenters. The fraction of sp³-hybridized carbons (Fsp3) is 0.875. The molecule has 0 aromatic carbocycles. The van der Waals surface area contributed by atoms with Crippen molar-refractivity contribution in [2.24, 2.45) is 11.7 Å². The number of nitrogens with two attached hydrogens (primary N) is 1. The van der Waals surface area contributed by atoms with Gasteiger partial charge in [0, 0.05) is 31.2 Å². The summed E-state index contributed by atoms with van der Waals surface area (Å²) in [5.41, 5.74) is 5.48. The highest BCUT2D eigenvalue weighted by atomic mass is 16.2. The lowest BCUT2D eigenvalue weighted by molar-refractivity contribution is -0.126. The number of likely N-dealkylation sites (tertiary alicyclic amines) is 1. The van der Waals surface area contributed by atoms with Crippen LogP contribution in [0.4, 0.5) is 4.79 Å². The minimum absolute atomic E-state index is 0.0106. The SMILES string of the molecule is CC(C)(N)CNC(=O)C1CCCN(C(=O)NC2CCCC2)C1. The molecule has 126 valence electrons. The van der Waals surface area contributed by atoms with Gasteiger partial charge in [0.05, 0.1) is 5.92 Å². The van der Waals surface area contributed by atoms with E-state index in [0.29, 0.717) is 19.1 Å². The van der Waals surface area contributed by atoms with E-state index in [4.69, 9.17) is 5.73 Å². The lowest BCUT2D eigenvalue weighted by atomic mass is 9.97. The number of piperidine rings is 1. The highest BCUT2D eigenvalue weighted by Crippen LogP contribution is 2.20. The molecule has 1 saturated heterocycles. The fourth-order valence-corrected chi connectivity index (χ4v) is 3.17. The van der Waals surface area contributed by atoms with E-state index in [-0.39, 0.29) is 17.9 Å². The Balaban J connectivity index is 1.80. The Morgan fingerprint density at radius 3 is 2.50 bits per heavy atom. The maximum Gasteiger partial charge on any atom is 0.317 e. The zero-order valence-electron chi connectivity index (χ0n) is 13.9. The van der Waals surface area contributed by atoms with E-state index in [1.807, 2.05) is 13.8 Å². The Hall–Kier alpha value is -1.30. The van der Waals surface area contributed by atoms with E-state index < -0.39 is 5.54 Å². The summed E-state index contributed by atoms with van der Waals surface area (Å²) in [6.45, 7) is 5.47. The third kappa shape index (κ3) is 5.16. The molecule has 0 aromatic rings. The predicted octanol–water partition coefficient (Wildman–Crippen LogP) is 1.20. The van der Waals surface area contributed by atoms with Crippen LogP contribution in [-0.2, 0) is 4.79 Å². The van der Waals surface area contributed by atoms with Crippen LogP contribution in [0.15, 0.2) is 0 Å². The number of hydrogen-bond acceptors (Lipinski definition) is 3. The van der Waals surface area contributed by atoms with Crippen molar-refractivity contribution in [1.29, 1.82) is 0 Å². The van der Waals surface area contributed by atoms with Crippen molar-refractivity contribution in [1.82, 2.24) is 15.5 Å². The van der Waals surface area contributed by atoms with Crippen LogP contribution in [0.2, 0.25) is 0 Å². The summed E-state index contributed by atoms with van der Waals surface area (Å²) in [5, 5.41) is 6.00. The number of amides is 3. The molecule has 1 aliphatic heterocycles. The summed E-state index contributed by atoms with van der Waals surface area (Å²) in [7, 11) is 0. The van der Waals surface area contributed by atoms with E-state index in [0.717, 1.165) is 32.2 Å². The molecule has 0 spiro atoms. The molecule has 2 aliphatic rings. The maximum absolute atomic E-state index is 12.3. The molecule has 2 fully saturated rings. The molecule has 0 bridgehead atoms. The molecule has 1 unspecified atom stereocenters. The molecule has 4 N–H and O–H groups in total. The van der Waals surface area contributed by atoms with E-state index in [9.17, 15) is 9.59 Å². The summed E-state index contributed by atoms with van der Waals surface area (Å²) in [6, 6.07) is 0.309. The van der Waals surface area contributed by atoms with E-state index >= 15 is 0 Å². The first-order valence-electron chi connectivity index (χ1n) is 8.47. The van der Waals surface area contributed by atoms with Crippen LogP contribution in [-0.4, -0.2) is 48.1 Å². The zero-order valence-corrected chi connectivity index (χ0v) is 13.9. The Morgan fingerprint density at radius 1 is 1.18 bits per heavy atom. The lowest BCUT2D eigenvalue weighted by Gasteiger charge is -2.33. The molecule has 2 rings (SSSR count). The van der Waals surface area contributed by atoms with Gasteiger partial charge in [-0.25, -0.2) is 4.79 Å². The van der Waals surface area contributed by atoms with Gasteiger partial charge in [0.15, 0.2) is 0 Å². The first-order valence-corrected chi connectivity index (χ1v) is 8.47. The van der Waals surface area contributed by atoms with Gasteiger partial charge in [-0.05, 0) is 39.5 Å². The van der Waals surface area contributed by atoms with Gasteiger partial charge < -0.3 is 21.3 Å². The second-order valence-corrected chi connectivity index (χ2v) is 7.42. The molecular weight excluding hydrogens is 280 g/mol. The smallest absolute Gasteiger partial charge is 0.317 e. The number of rotatable bonds is 4. The van der Waals surface area contributed by atoms with E-state index in [1.165, 1.54) is 12.8 Å². The minimum Gasteiger partial charge on any atom is -0.354 e. The number of urea groups is 1. The van der Waals surface area contributed by atoms with Gasteiger partial charge in [-0.15, -0.1) is 0 Å². The van der Waals surface area contributed by atoms with Crippen LogP contribution in [0.5, 0.6) is 0 Å². The van der Waals surface area contributed by atoms with Crippen LogP contribution >= 0.6 is 0 Å². The normalized spacial score (nSPS) is 23.4.